The Hall–Kier alpha value is -0.790. The van der Waals surface area contributed by atoms with Crippen LogP contribution < -0.4 is 0 Å². The Kier molecular flexibility index (Phi) is 5.90. The molecule has 0 spiro atoms. The molecule has 0 N–H and O–H groups in total. The van der Waals surface area contributed by atoms with Crippen molar-refractivity contribution in [1.29, 1.82) is 0 Å². The smallest absolute Gasteiger partial charge is 0.330 e. The molecule has 1 aliphatic carbocycles. The van der Waals surface area contributed by atoms with Gasteiger partial charge in [-0.25, -0.2) is 4.79 Å². The molecule has 0 aromatic heterocycles. The van der Waals surface area contributed by atoms with Crippen LogP contribution >= 0.6 is 0 Å². The predicted molar refractivity (Wildman–Crippen MR) is 75.3 cm³/mol. The minimum absolute atomic E-state index is 0.232. The molecule has 1 saturated carbocycles. The third-order valence-electron chi connectivity index (χ3n) is 4.63. The standard InChI is InChI=1S/C16H28O2/c1-5-8-14-9-11-16(12-10-14,13(4)6-2)18-15(17)7-3/h7,13-14H,3,5-6,8-12H2,1-2,4H3. The number of ether oxygens (including phenoxy) is 1. The van der Waals surface area contributed by atoms with Gasteiger partial charge < -0.3 is 4.74 Å². The van der Waals surface area contributed by atoms with Crippen LogP contribution in [0.2, 0.25) is 0 Å². The van der Waals surface area contributed by atoms with Crippen LogP contribution in [0.5, 0.6) is 0 Å². The normalized spacial score (nSPS) is 29.6. The highest BCUT2D eigenvalue weighted by atomic mass is 16.6. The second-order valence-corrected chi connectivity index (χ2v) is 5.73. The van der Waals surface area contributed by atoms with Crippen molar-refractivity contribution in [2.75, 3.05) is 0 Å². The van der Waals surface area contributed by atoms with E-state index in [0.29, 0.717) is 5.92 Å². The lowest BCUT2D eigenvalue weighted by Gasteiger charge is -2.43. The van der Waals surface area contributed by atoms with Gasteiger partial charge in [-0.1, -0.05) is 40.2 Å². The maximum atomic E-state index is 11.6. The number of carbonyl (C=O) groups is 1. The van der Waals surface area contributed by atoms with Crippen molar-refractivity contribution < 1.29 is 9.53 Å². The molecule has 0 saturated heterocycles. The highest BCUT2D eigenvalue weighted by Gasteiger charge is 2.41. The molecule has 18 heavy (non-hydrogen) atoms. The van der Waals surface area contributed by atoms with E-state index in [2.05, 4.69) is 27.4 Å². The largest absolute Gasteiger partial charge is 0.456 e. The molecule has 0 amide bonds. The minimum atomic E-state index is -0.260. The van der Waals surface area contributed by atoms with E-state index in [4.69, 9.17) is 4.74 Å². The first kappa shape index (κ1) is 15.3. The van der Waals surface area contributed by atoms with Crippen molar-refractivity contribution >= 4 is 5.97 Å². The van der Waals surface area contributed by atoms with Crippen LogP contribution in [0.4, 0.5) is 0 Å². The lowest BCUT2D eigenvalue weighted by atomic mass is 9.71. The highest BCUT2D eigenvalue weighted by Crippen LogP contribution is 2.42. The van der Waals surface area contributed by atoms with Crippen LogP contribution in [0.1, 0.15) is 65.7 Å². The fourth-order valence-electron chi connectivity index (χ4n) is 3.17. The number of hydrogen-bond acceptors (Lipinski definition) is 2. The summed E-state index contributed by atoms with van der Waals surface area (Å²) in [5.41, 5.74) is -0.232. The van der Waals surface area contributed by atoms with Crippen molar-refractivity contribution in [2.45, 2.75) is 71.3 Å². The third kappa shape index (κ3) is 3.60. The average Bonchev–Trinajstić information content (AvgIpc) is 2.40. The Morgan fingerprint density at radius 3 is 2.50 bits per heavy atom. The van der Waals surface area contributed by atoms with E-state index >= 15 is 0 Å². The van der Waals surface area contributed by atoms with E-state index in [9.17, 15) is 4.79 Å². The van der Waals surface area contributed by atoms with Crippen molar-refractivity contribution in [3.8, 4) is 0 Å². The van der Waals surface area contributed by atoms with Crippen molar-refractivity contribution in [1.82, 2.24) is 0 Å². The van der Waals surface area contributed by atoms with Crippen LogP contribution in [0.25, 0.3) is 0 Å². The average molecular weight is 252 g/mol. The molecule has 1 atom stereocenters. The second kappa shape index (κ2) is 6.96. The zero-order chi connectivity index (χ0) is 13.6. The van der Waals surface area contributed by atoms with Gasteiger partial charge in [-0.05, 0) is 43.9 Å². The molecule has 1 aliphatic rings. The summed E-state index contributed by atoms with van der Waals surface area (Å²) in [5.74, 6) is 1.00. The van der Waals surface area contributed by atoms with Crippen LogP contribution in [0, 0.1) is 11.8 Å². The van der Waals surface area contributed by atoms with Crippen LogP contribution in [-0.4, -0.2) is 11.6 Å². The van der Waals surface area contributed by atoms with E-state index in [0.717, 1.165) is 25.2 Å². The minimum Gasteiger partial charge on any atom is -0.456 e. The molecule has 0 radical (unpaired) electrons. The Balaban J connectivity index is 2.69. The zero-order valence-corrected chi connectivity index (χ0v) is 12.2. The van der Waals surface area contributed by atoms with E-state index < -0.39 is 0 Å². The maximum absolute atomic E-state index is 11.6. The molecule has 0 aliphatic heterocycles. The summed E-state index contributed by atoms with van der Waals surface area (Å²) in [6.45, 7) is 10.1. The number of esters is 1. The molecule has 2 heteroatoms. The molecule has 2 nitrogen and oxygen atoms in total. The fourth-order valence-corrected chi connectivity index (χ4v) is 3.17. The Morgan fingerprint density at radius 1 is 1.44 bits per heavy atom. The van der Waals surface area contributed by atoms with Crippen LogP contribution in [-0.2, 0) is 9.53 Å². The monoisotopic (exact) mass is 252 g/mol. The first-order valence-corrected chi connectivity index (χ1v) is 7.43. The van der Waals surface area contributed by atoms with Crippen LogP contribution in [0.3, 0.4) is 0 Å². The Bertz CT molecular complexity index is 275. The van der Waals surface area contributed by atoms with Gasteiger partial charge in [0, 0.05) is 6.08 Å². The van der Waals surface area contributed by atoms with Gasteiger partial charge >= 0.3 is 5.97 Å². The lowest BCUT2D eigenvalue weighted by Crippen LogP contribution is -2.44. The molecular weight excluding hydrogens is 224 g/mol. The molecule has 0 aromatic rings. The number of rotatable bonds is 6. The molecule has 1 fully saturated rings. The van der Waals surface area contributed by atoms with E-state index in [-0.39, 0.29) is 11.6 Å². The first-order valence-electron chi connectivity index (χ1n) is 7.43. The maximum Gasteiger partial charge on any atom is 0.330 e. The third-order valence-corrected chi connectivity index (χ3v) is 4.63. The van der Waals surface area contributed by atoms with E-state index in [1.807, 2.05) is 0 Å². The van der Waals surface area contributed by atoms with Crippen LogP contribution in [0.15, 0.2) is 12.7 Å². The van der Waals surface area contributed by atoms with Gasteiger partial charge in [0.05, 0.1) is 0 Å². The summed E-state index contributed by atoms with van der Waals surface area (Å²) in [6, 6.07) is 0. The molecular formula is C16H28O2. The topological polar surface area (TPSA) is 26.3 Å². The van der Waals surface area contributed by atoms with Gasteiger partial charge in [-0.2, -0.15) is 0 Å². The quantitative estimate of drug-likeness (QED) is 0.514. The Morgan fingerprint density at radius 2 is 2.06 bits per heavy atom. The van der Waals surface area contributed by atoms with Gasteiger partial charge in [0.15, 0.2) is 0 Å². The highest BCUT2D eigenvalue weighted by molar-refractivity contribution is 5.81. The van der Waals surface area contributed by atoms with Gasteiger partial charge in [-0.15, -0.1) is 0 Å². The van der Waals surface area contributed by atoms with Crippen molar-refractivity contribution in [3.63, 3.8) is 0 Å². The van der Waals surface area contributed by atoms with E-state index in [1.165, 1.54) is 31.8 Å². The predicted octanol–water partition coefficient (Wildman–Crippen LogP) is 4.49. The number of hydrogen-bond donors (Lipinski definition) is 0. The van der Waals surface area contributed by atoms with Gasteiger partial charge in [0.1, 0.15) is 5.60 Å². The zero-order valence-electron chi connectivity index (χ0n) is 12.2. The molecule has 0 heterocycles. The van der Waals surface area contributed by atoms with E-state index in [1.54, 1.807) is 0 Å². The van der Waals surface area contributed by atoms with Crippen molar-refractivity contribution in [3.05, 3.63) is 12.7 Å². The number of carbonyl (C=O) groups excluding carboxylic acids is 1. The summed E-state index contributed by atoms with van der Waals surface area (Å²) in [7, 11) is 0. The second-order valence-electron chi connectivity index (χ2n) is 5.73. The molecule has 0 bridgehead atoms. The molecule has 104 valence electrons. The Labute approximate surface area is 112 Å². The summed E-state index contributed by atoms with van der Waals surface area (Å²) >= 11 is 0. The summed E-state index contributed by atoms with van der Waals surface area (Å²) in [5, 5.41) is 0. The van der Waals surface area contributed by atoms with Gasteiger partial charge in [0.25, 0.3) is 0 Å². The molecule has 1 unspecified atom stereocenters. The molecule has 1 rings (SSSR count). The SMILES string of the molecule is C=CC(=O)OC1(C(C)CC)CCC(CCC)CC1. The fraction of sp³-hybridized carbons (Fsp3) is 0.812. The molecule has 0 aromatic carbocycles. The van der Waals surface area contributed by atoms with Gasteiger partial charge in [-0.3, -0.25) is 0 Å². The van der Waals surface area contributed by atoms with Crippen molar-refractivity contribution in [2.24, 2.45) is 11.8 Å². The summed E-state index contributed by atoms with van der Waals surface area (Å²) < 4.78 is 5.75. The van der Waals surface area contributed by atoms with Gasteiger partial charge in [0.2, 0.25) is 0 Å². The summed E-state index contributed by atoms with van der Waals surface area (Å²) in [6.07, 6.45) is 9.36. The summed E-state index contributed by atoms with van der Waals surface area (Å²) in [4.78, 5) is 11.6. The first-order chi connectivity index (χ1) is 8.57. The lowest BCUT2D eigenvalue weighted by molar-refractivity contribution is -0.166.